The highest BCUT2D eigenvalue weighted by Gasteiger charge is 1.95. The lowest BCUT2D eigenvalue weighted by atomic mass is 10.0. The Hall–Kier alpha value is -0.460. The highest BCUT2D eigenvalue weighted by atomic mass is 16.3. The van der Waals surface area contributed by atoms with Crippen molar-refractivity contribution in [1.29, 1.82) is 0 Å². The third-order valence-corrected chi connectivity index (χ3v) is 3.87. The van der Waals surface area contributed by atoms with Crippen LogP contribution in [0.3, 0.4) is 0 Å². The van der Waals surface area contributed by atoms with Gasteiger partial charge >= 0.3 is 0 Å². The summed E-state index contributed by atoms with van der Waals surface area (Å²) >= 11 is 0. The van der Waals surface area contributed by atoms with Crippen LogP contribution in [0.1, 0.15) is 104 Å². The SMILES string of the molecule is C/C=C(/O)CCCCCCCCCCCCCCC. The maximum atomic E-state index is 9.30. The van der Waals surface area contributed by atoms with E-state index in [0.717, 1.165) is 12.8 Å². The van der Waals surface area contributed by atoms with Crippen LogP contribution in [-0.2, 0) is 0 Å². The third-order valence-electron chi connectivity index (χ3n) is 3.87. The summed E-state index contributed by atoms with van der Waals surface area (Å²) in [5, 5.41) is 9.30. The minimum atomic E-state index is 0.558. The summed E-state index contributed by atoms with van der Waals surface area (Å²) in [4.78, 5) is 0. The van der Waals surface area contributed by atoms with Gasteiger partial charge in [-0.1, -0.05) is 84.0 Å². The number of aliphatic hydroxyl groups is 1. The summed E-state index contributed by atoms with van der Waals surface area (Å²) < 4.78 is 0. The molecule has 114 valence electrons. The molecule has 0 bridgehead atoms. The molecule has 0 heterocycles. The van der Waals surface area contributed by atoms with E-state index in [0.29, 0.717) is 5.76 Å². The van der Waals surface area contributed by atoms with Crippen LogP contribution >= 0.6 is 0 Å². The molecule has 1 nitrogen and oxygen atoms in total. The Kier molecular flexibility index (Phi) is 15.2. The quantitative estimate of drug-likeness (QED) is 0.267. The molecule has 0 radical (unpaired) electrons. The van der Waals surface area contributed by atoms with Gasteiger partial charge in [-0.3, -0.25) is 0 Å². The lowest BCUT2D eigenvalue weighted by Gasteiger charge is -2.03. The fraction of sp³-hybridized carbons (Fsp3) is 0.889. The van der Waals surface area contributed by atoms with E-state index in [1.165, 1.54) is 77.0 Å². The molecule has 0 saturated carbocycles. The summed E-state index contributed by atoms with van der Waals surface area (Å²) in [7, 11) is 0. The van der Waals surface area contributed by atoms with E-state index < -0.39 is 0 Å². The zero-order valence-corrected chi connectivity index (χ0v) is 13.4. The molecule has 0 aliphatic carbocycles. The molecule has 0 fully saturated rings. The standard InChI is InChI=1S/C18H36O/c1-3-5-6-7-8-9-10-11-12-13-14-15-16-17-18(19)4-2/h4,19H,3,5-17H2,1-2H3/b18-4+. The Morgan fingerprint density at radius 3 is 1.42 bits per heavy atom. The van der Waals surface area contributed by atoms with Crippen molar-refractivity contribution in [3.8, 4) is 0 Å². The molecule has 0 saturated heterocycles. The Morgan fingerprint density at radius 2 is 1.05 bits per heavy atom. The molecular formula is C18H36O. The number of rotatable bonds is 14. The van der Waals surface area contributed by atoms with Gasteiger partial charge in [-0.05, 0) is 19.4 Å². The first-order valence-electron chi connectivity index (χ1n) is 8.65. The molecule has 0 aliphatic rings. The predicted octanol–water partition coefficient (Wildman–Crippen LogP) is 6.93. The van der Waals surface area contributed by atoms with E-state index in [2.05, 4.69) is 6.92 Å². The Bertz CT molecular complexity index is 196. The fourth-order valence-corrected chi connectivity index (χ4v) is 2.47. The molecule has 0 aliphatic heterocycles. The molecular weight excluding hydrogens is 232 g/mol. The van der Waals surface area contributed by atoms with Crippen LogP contribution in [0.5, 0.6) is 0 Å². The van der Waals surface area contributed by atoms with Crippen LogP contribution in [-0.4, -0.2) is 5.11 Å². The lowest BCUT2D eigenvalue weighted by Crippen LogP contribution is -1.84. The predicted molar refractivity (Wildman–Crippen MR) is 86.7 cm³/mol. The van der Waals surface area contributed by atoms with Crippen molar-refractivity contribution < 1.29 is 5.11 Å². The van der Waals surface area contributed by atoms with Gasteiger partial charge in [0, 0.05) is 6.42 Å². The van der Waals surface area contributed by atoms with Crippen molar-refractivity contribution in [2.45, 2.75) is 104 Å². The molecule has 1 N–H and O–H groups in total. The number of allylic oxidation sites excluding steroid dienone is 2. The van der Waals surface area contributed by atoms with Gasteiger partial charge in [-0.2, -0.15) is 0 Å². The van der Waals surface area contributed by atoms with Gasteiger partial charge in [0.1, 0.15) is 0 Å². The average Bonchev–Trinajstić information content (AvgIpc) is 2.43. The first kappa shape index (κ1) is 18.5. The van der Waals surface area contributed by atoms with Crippen molar-refractivity contribution >= 4 is 0 Å². The fourth-order valence-electron chi connectivity index (χ4n) is 2.47. The molecule has 0 amide bonds. The van der Waals surface area contributed by atoms with Gasteiger partial charge in [0.15, 0.2) is 0 Å². The lowest BCUT2D eigenvalue weighted by molar-refractivity contribution is 0.379. The summed E-state index contributed by atoms with van der Waals surface area (Å²) in [6, 6.07) is 0. The Labute approximate surface area is 121 Å². The highest BCUT2D eigenvalue weighted by Crippen LogP contribution is 2.13. The summed E-state index contributed by atoms with van der Waals surface area (Å²) in [6.07, 6.45) is 20.6. The summed E-state index contributed by atoms with van der Waals surface area (Å²) in [6.45, 7) is 4.18. The molecule has 0 aromatic carbocycles. The second kappa shape index (κ2) is 15.6. The van der Waals surface area contributed by atoms with Crippen LogP contribution in [0.15, 0.2) is 11.8 Å². The van der Waals surface area contributed by atoms with Crippen molar-refractivity contribution in [1.82, 2.24) is 0 Å². The van der Waals surface area contributed by atoms with E-state index in [-0.39, 0.29) is 0 Å². The zero-order valence-electron chi connectivity index (χ0n) is 13.4. The van der Waals surface area contributed by atoms with E-state index in [9.17, 15) is 5.11 Å². The first-order valence-corrected chi connectivity index (χ1v) is 8.65. The maximum Gasteiger partial charge on any atom is 0.0880 e. The topological polar surface area (TPSA) is 20.2 Å². The summed E-state index contributed by atoms with van der Waals surface area (Å²) in [5.74, 6) is 0.558. The second-order valence-electron chi connectivity index (χ2n) is 5.77. The number of aliphatic hydroxyl groups excluding tert-OH is 1. The minimum Gasteiger partial charge on any atom is -0.513 e. The van der Waals surface area contributed by atoms with Crippen molar-refractivity contribution in [2.75, 3.05) is 0 Å². The third kappa shape index (κ3) is 15.5. The molecule has 0 unspecified atom stereocenters. The molecule has 0 atom stereocenters. The molecule has 1 heteroatoms. The monoisotopic (exact) mass is 268 g/mol. The zero-order chi connectivity index (χ0) is 14.2. The van der Waals surface area contributed by atoms with E-state index in [1.807, 2.05) is 6.92 Å². The van der Waals surface area contributed by atoms with Gasteiger partial charge in [0.2, 0.25) is 0 Å². The molecule has 19 heavy (non-hydrogen) atoms. The first-order chi connectivity index (χ1) is 9.31. The number of hydrogen-bond donors (Lipinski definition) is 1. The van der Waals surface area contributed by atoms with Gasteiger partial charge in [0.05, 0.1) is 5.76 Å². The second-order valence-corrected chi connectivity index (χ2v) is 5.77. The smallest absolute Gasteiger partial charge is 0.0880 e. The van der Waals surface area contributed by atoms with Gasteiger partial charge in [-0.15, -0.1) is 0 Å². The van der Waals surface area contributed by atoms with Gasteiger partial charge in [0.25, 0.3) is 0 Å². The normalized spacial score (nSPS) is 12.0. The number of unbranched alkanes of at least 4 members (excludes halogenated alkanes) is 12. The van der Waals surface area contributed by atoms with E-state index in [1.54, 1.807) is 6.08 Å². The molecule has 0 aromatic heterocycles. The summed E-state index contributed by atoms with van der Waals surface area (Å²) in [5.41, 5.74) is 0. The van der Waals surface area contributed by atoms with Crippen LogP contribution in [0.25, 0.3) is 0 Å². The van der Waals surface area contributed by atoms with Crippen molar-refractivity contribution in [3.63, 3.8) is 0 Å². The minimum absolute atomic E-state index is 0.558. The Morgan fingerprint density at radius 1 is 0.684 bits per heavy atom. The van der Waals surface area contributed by atoms with E-state index >= 15 is 0 Å². The van der Waals surface area contributed by atoms with Gasteiger partial charge < -0.3 is 5.11 Å². The maximum absolute atomic E-state index is 9.30. The van der Waals surface area contributed by atoms with Crippen molar-refractivity contribution in [3.05, 3.63) is 11.8 Å². The highest BCUT2D eigenvalue weighted by molar-refractivity contribution is 4.86. The largest absolute Gasteiger partial charge is 0.513 e. The van der Waals surface area contributed by atoms with Gasteiger partial charge in [-0.25, -0.2) is 0 Å². The van der Waals surface area contributed by atoms with Crippen LogP contribution in [0, 0.1) is 0 Å². The molecule has 0 rings (SSSR count). The van der Waals surface area contributed by atoms with E-state index in [4.69, 9.17) is 0 Å². The molecule has 0 spiro atoms. The van der Waals surface area contributed by atoms with Crippen LogP contribution in [0.4, 0.5) is 0 Å². The molecule has 0 aromatic rings. The van der Waals surface area contributed by atoms with Crippen molar-refractivity contribution in [2.24, 2.45) is 0 Å². The van der Waals surface area contributed by atoms with Crippen LogP contribution in [0.2, 0.25) is 0 Å². The average molecular weight is 268 g/mol. The number of hydrogen-bond acceptors (Lipinski definition) is 1. The van der Waals surface area contributed by atoms with Crippen LogP contribution < -0.4 is 0 Å². The Balaban J connectivity index is 2.99.